The van der Waals surface area contributed by atoms with Crippen molar-refractivity contribution < 1.29 is 9.50 Å². The lowest BCUT2D eigenvalue weighted by Crippen LogP contribution is -1.92. The van der Waals surface area contributed by atoms with Crippen molar-refractivity contribution >= 4 is 0 Å². The van der Waals surface area contributed by atoms with E-state index in [1.165, 1.54) is 12.1 Å². The molecule has 12 heavy (non-hydrogen) atoms. The Morgan fingerprint density at radius 1 is 1.33 bits per heavy atom. The molecular weight excluding hydrogens is 155 g/mol. The van der Waals surface area contributed by atoms with E-state index in [9.17, 15) is 9.50 Å². The Balaban J connectivity index is 2.82. The zero-order chi connectivity index (χ0) is 8.97. The molecule has 1 aromatic carbocycles. The zero-order valence-corrected chi connectivity index (χ0v) is 6.87. The van der Waals surface area contributed by atoms with Gasteiger partial charge in [0.05, 0.1) is 6.10 Å². The Labute approximate surface area is 71.2 Å². The van der Waals surface area contributed by atoms with E-state index in [0.29, 0.717) is 5.56 Å². The number of aliphatic hydroxyl groups is 1. The average molecular weight is 166 g/mol. The number of allylic oxidation sites excluding steroid dienone is 1. The standard InChI is InChI=1S/C10H11FO/c1-2-3-10(12)8-4-6-9(11)7-5-8/h2-7,10,12H,1H3/b3-2+/t10-/m0/s1. The molecule has 0 bridgehead atoms. The lowest BCUT2D eigenvalue weighted by molar-refractivity contribution is 0.228. The Morgan fingerprint density at radius 2 is 1.92 bits per heavy atom. The SMILES string of the molecule is C/C=C/[C@H](O)c1ccc(F)cc1. The largest absolute Gasteiger partial charge is 0.384 e. The summed E-state index contributed by atoms with van der Waals surface area (Å²) in [6.45, 7) is 1.83. The van der Waals surface area contributed by atoms with Crippen LogP contribution in [0.1, 0.15) is 18.6 Å². The molecule has 0 aliphatic carbocycles. The fourth-order valence-corrected chi connectivity index (χ4v) is 0.953. The van der Waals surface area contributed by atoms with E-state index in [0.717, 1.165) is 0 Å². The van der Waals surface area contributed by atoms with Crippen molar-refractivity contribution in [2.45, 2.75) is 13.0 Å². The second-order valence-corrected chi connectivity index (χ2v) is 2.52. The average Bonchev–Trinajstić information content (AvgIpc) is 2.06. The summed E-state index contributed by atoms with van der Waals surface area (Å²) in [7, 11) is 0. The third-order valence-corrected chi connectivity index (χ3v) is 1.59. The summed E-state index contributed by atoms with van der Waals surface area (Å²) in [5.74, 6) is -0.286. The monoisotopic (exact) mass is 166 g/mol. The number of hydrogen-bond donors (Lipinski definition) is 1. The maximum Gasteiger partial charge on any atom is 0.123 e. The summed E-state index contributed by atoms with van der Waals surface area (Å²) in [4.78, 5) is 0. The van der Waals surface area contributed by atoms with Gasteiger partial charge in [0.1, 0.15) is 5.82 Å². The molecule has 1 aromatic rings. The molecule has 0 saturated carbocycles. The molecule has 1 N–H and O–H groups in total. The second kappa shape index (κ2) is 4.02. The lowest BCUT2D eigenvalue weighted by Gasteiger charge is -2.04. The highest BCUT2D eigenvalue weighted by molar-refractivity contribution is 5.21. The van der Waals surface area contributed by atoms with Gasteiger partial charge in [0.2, 0.25) is 0 Å². The van der Waals surface area contributed by atoms with Gasteiger partial charge in [0.25, 0.3) is 0 Å². The number of halogens is 1. The first kappa shape index (κ1) is 8.94. The molecular formula is C10H11FO. The first-order valence-electron chi connectivity index (χ1n) is 3.80. The molecule has 0 unspecified atom stereocenters. The van der Waals surface area contributed by atoms with Crippen molar-refractivity contribution in [3.63, 3.8) is 0 Å². The van der Waals surface area contributed by atoms with E-state index in [4.69, 9.17) is 0 Å². The zero-order valence-electron chi connectivity index (χ0n) is 6.87. The fraction of sp³-hybridized carbons (Fsp3) is 0.200. The minimum atomic E-state index is -0.629. The summed E-state index contributed by atoms with van der Waals surface area (Å²) in [5.41, 5.74) is 0.703. The van der Waals surface area contributed by atoms with Crippen LogP contribution in [0.5, 0.6) is 0 Å². The highest BCUT2D eigenvalue weighted by Crippen LogP contribution is 2.13. The molecule has 1 nitrogen and oxygen atoms in total. The van der Waals surface area contributed by atoms with Crippen molar-refractivity contribution in [1.82, 2.24) is 0 Å². The predicted octanol–water partition coefficient (Wildman–Crippen LogP) is 2.44. The first-order valence-corrected chi connectivity index (χ1v) is 3.80. The Hall–Kier alpha value is -1.15. The van der Waals surface area contributed by atoms with E-state index in [1.807, 2.05) is 6.92 Å². The third kappa shape index (κ3) is 2.17. The molecule has 1 atom stereocenters. The molecule has 0 saturated heterocycles. The van der Waals surface area contributed by atoms with Gasteiger partial charge >= 0.3 is 0 Å². The fourth-order valence-electron chi connectivity index (χ4n) is 0.953. The minimum absolute atomic E-state index is 0.286. The summed E-state index contributed by atoms with van der Waals surface area (Å²) < 4.78 is 12.4. The van der Waals surface area contributed by atoms with Crippen LogP contribution in [0.15, 0.2) is 36.4 Å². The maximum absolute atomic E-state index is 12.4. The van der Waals surface area contributed by atoms with Gasteiger partial charge in [0.15, 0.2) is 0 Å². The number of aliphatic hydroxyl groups excluding tert-OH is 1. The van der Waals surface area contributed by atoms with Crippen LogP contribution in [-0.2, 0) is 0 Å². The van der Waals surface area contributed by atoms with Gasteiger partial charge in [0, 0.05) is 0 Å². The first-order chi connectivity index (χ1) is 5.74. The molecule has 0 radical (unpaired) electrons. The van der Waals surface area contributed by atoms with E-state index in [1.54, 1.807) is 24.3 Å². The smallest absolute Gasteiger partial charge is 0.123 e. The van der Waals surface area contributed by atoms with Crippen molar-refractivity contribution in [2.24, 2.45) is 0 Å². The number of hydrogen-bond acceptors (Lipinski definition) is 1. The molecule has 64 valence electrons. The topological polar surface area (TPSA) is 20.2 Å². The van der Waals surface area contributed by atoms with Gasteiger partial charge in [-0.25, -0.2) is 4.39 Å². The summed E-state index contributed by atoms with van der Waals surface area (Å²) in [5, 5.41) is 9.40. The summed E-state index contributed by atoms with van der Waals surface area (Å²) in [6, 6.07) is 5.81. The Morgan fingerprint density at radius 3 is 2.42 bits per heavy atom. The highest BCUT2D eigenvalue weighted by Gasteiger charge is 2.01. The van der Waals surface area contributed by atoms with Crippen molar-refractivity contribution in [3.8, 4) is 0 Å². The molecule has 0 amide bonds. The van der Waals surface area contributed by atoms with Crippen molar-refractivity contribution in [3.05, 3.63) is 47.8 Å². The molecule has 0 heterocycles. The van der Waals surface area contributed by atoms with Gasteiger partial charge in [-0.05, 0) is 24.6 Å². The lowest BCUT2D eigenvalue weighted by atomic mass is 10.1. The quantitative estimate of drug-likeness (QED) is 0.669. The van der Waals surface area contributed by atoms with Crippen LogP contribution in [0.4, 0.5) is 4.39 Å². The highest BCUT2D eigenvalue weighted by atomic mass is 19.1. The molecule has 1 rings (SSSR count). The van der Waals surface area contributed by atoms with Crippen LogP contribution in [0.3, 0.4) is 0 Å². The Kier molecular flexibility index (Phi) is 3.00. The molecule has 0 aliphatic rings. The summed E-state index contributed by atoms with van der Waals surface area (Å²) >= 11 is 0. The van der Waals surface area contributed by atoms with E-state index in [-0.39, 0.29) is 5.82 Å². The normalized spacial score (nSPS) is 13.6. The molecule has 0 aliphatic heterocycles. The molecule has 0 aromatic heterocycles. The number of benzene rings is 1. The maximum atomic E-state index is 12.4. The molecule has 2 heteroatoms. The van der Waals surface area contributed by atoms with Gasteiger partial charge in [-0.2, -0.15) is 0 Å². The van der Waals surface area contributed by atoms with Crippen LogP contribution in [0.2, 0.25) is 0 Å². The van der Waals surface area contributed by atoms with Crippen LogP contribution < -0.4 is 0 Å². The van der Waals surface area contributed by atoms with Gasteiger partial charge in [-0.3, -0.25) is 0 Å². The molecule has 0 spiro atoms. The number of rotatable bonds is 2. The summed E-state index contributed by atoms with van der Waals surface area (Å²) in [6.07, 6.45) is 2.77. The third-order valence-electron chi connectivity index (χ3n) is 1.59. The van der Waals surface area contributed by atoms with Crippen LogP contribution in [0, 0.1) is 5.82 Å². The second-order valence-electron chi connectivity index (χ2n) is 2.52. The van der Waals surface area contributed by atoms with E-state index in [2.05, 4.69) is 0 Å². The van der Waals surface area contributed by atoms with E-state index >= 15 is 0 Å². The Bertz CT molecular complexity index is 264. The van der Waals surface area contributed by atoms with Crippen molar-refractivity contribution in [2.75, 3.05) is 0 Å². The van der Waals surface area contributed by atoms with Gasteiger partial charge < -0.3 is 5.11 Å². The van der Waals surface area contributed by atoms with Crippen LogP contribution >= 0.6 is 0 Å². The van der Waals surface area contributed by atoms with Gasteiger partial charge in [-0.1, -0.05) is 24.3 Å². The van der Waals surface area contributed by atoms with E-state index < -0.39 is 6.10 Å². The molecule has 0 fully saturated rings. The van der Waals surface area contributed by atoms with Gasteiger partial charge in [-0.15, -0.1) is 0 Å². The van der Waals surface area contributed by atoms with Crippen LogP contribution in [0.25, 0.3) is 0 Å². The van der Waals surface area contributed by atoms with Crippen molar-refractivity contribution in [1.29, 1.82) is 0 Å². The minimum Gasteiger partial charge on any atom is -0.384 e. The van der Waals surface area contributed by atoms with Crippen LogP contribution in [-0.4, -0.2) is 5.11 Å². The predicted molar refractivity (Wildman–Crippen MR) is 46.2 cm³/mol.